The monoisotopic (exact) mass is 420 g/mol. The van der Waals surface area contributed by atoms with Crippen molar-refractivity contribution in [3.05, 3.63) is 53.6 Å². The van der Waals surface area contributed by atoms with Crippen molar-refractivity contribution in [2.24, 2.45) is 0 Å². The highest BCUT2D eigenvalue weighted by atomic mass is 32.2. The number of anilines is 2. The van der Waals surface area contributed by atoms with Crippen LogP contribution in [0.5, 0.6) is 0 Å². The van der Waals surface area contributed by atoms with E-state index in [1.165, 1.54) is 17.0 Å². The maximum absolute atomic E-state index is 14.3. The Labute approximate surface area is 156 Å². The van der Waals surface area contributed by atoms with Gasteiger partial charge in [0, 0.05) is 19.0 Å². The molecule has 0 bridgehead atoms. The maximum atomic E-state index is 14.3. The number of hydrogen-bond donors (Lipinski definition) is 1. The molecule has 0 atom stereocenters. The minimum absolute atomic E-state index is 0.0217. The van der Waals surface area contributed by atoms with Crippen LogP contribution in [0.1, 0.15) is 18.4 Å². The number of nitrogens with zero attached hydrogens (tertiary/aromatic N) is 1. The Balaban J connectivity index is 1.89. The Hall–Kier alpha value is -2.69. The molecule has 2 aromatic carbocycles. The van der Waals surface area contributed by atoms with Gasteiger partial charge in [-0.3, -0.25) is 9.52 Å². The van der Waals surface area contributed by atoms with Crippen molar-refractivity contribution in [1.82, 2.24) is 0 Å². The van der Waals surface area contributed by atoms with Gasteiger partial charge in [0.05, 0.1) is 21.8 Å². The third kappa shape index (κ3) is 3.93. The quantitative estimate of drug-likeness (QED) is 0.763. The molecule has 28 heavy (non-hydrogen) atoms. The SMILES string of the molecule is O=C1CCCN1c1ccc(NS(=O)(=O)c2ccc(F)c(C(F)(F)F)c2)cc1F. The van der Waals surface area contributed by atoms with Crippen LogP contribution in [-0.2, 0) is 21.0 Å². The van der Waals surface area contributed by atoms with Crippen molar-refractivity contribution in [2.75, 3.05) is 16.2 Å². The highest BCUT2D eigenvalue weighted by Crippen LogP contribution is 2.33. The van der Waals surface area contributed by atoms with Crippen molar-refractivity contribution < 1.29 is 35.2 Å². The zero-order chi connectivity index (χ0) is 20.7. The summed E-state index contributed by atoms with van der Waals surface area (Å²) in [4.78, 5) is 12.1. The fourth-order valence-corrected chi connectivity index (χ4v) is 3.87. The summed E-state index contributed by atoms with van der Waals surface area (Å²) >= 11 is 0. The Morgan fingerprint density at radius 2 is 1.71 bits per heavy atom. The molecule has 1 amide bonds. The number of nitrogens with one attached hydrogen (secondary N) is 1. The van der Waals surface area contributed by atoms with Gasteiger partial charge in [0.15, 0.2) is 0 Å². The second kappa shape index (κ2) is 7.04. The number of hydrogen-bond acceptors (Lipinski definition) is 3. The second-order valence-corrected chi connectivity index (χ2v) is 7.74. The van der Waals surface area contributed by atoms with E-state index in [0.29, 0.717) is 25.1 Å². The standard InChI is InChI=1S/C17H13F5N2O3S/c18-13-5-4-11(9-12(13)17(20,21)22)28(26,27)23-10-3-6-15(14(19)8-10)24-7-1-2-16(24)25/h3-6,8-9,23H,1-2,7H2. The van der Waals surface area contributed by atoms with Crippen LogP contribution >= 0.6 is 0 Å². The Morgan fingerprint density at radius 3 is 2.29 bits per heavy atom. The molecule has 0 aliphatic carbocycles. The summed E-state index contributed by atoms with van der Waals surface area (Å²) in [5, 5.41) is 0. The molecule has 150 valence electrons. The lowest BCUT2D eigenvalue weighted by atomic mass is 10.2. The molecule has 1 fully saturated rings. The average Bonchev–Trinajstić information content (AvgIpc) is 2.99. The number of sulfonamides is 1. The lowest BCUT2D eigenvalue weighted by molar-refractivity contribution is -0.140. The number of rotatable bonds is 4. The van der Waals surface area contributed by atoms with Gasteiger partial charge in [-0.1, -0.05) is 0 Å². The summed E-state index contributed by atoms with van der Waals surface area (Å²) < 4.78 is 92.5. The smallest absolute Gasteiger partial charge is 0.310 e. The molecule has 0 unspecified atom stereocenters. The molecule has 0 radical (unpaired) electrons. The molecular weight excluding hydrogens is 407 g/mol. The molecule has 2 aromatic rings. The number of benzene rings is 2. The molecule has 1 saturated heterocycles. The van der Waals surface area contributed by atoms with Gasteiger partial charge in [0.25, 0.3) is 10.0 Å². The minimum Gasteiger partial charge on any atom is -0.310 e. The fourth-order valence-electron chi connectivity index (χ4n) is 2.79. The van der Waals surface area contributed by atoms with Crippen LogP contribution in [0.15, 0.2) is 41.3 Å². The van der Waals surface area contributed by atoms with Crippen molar-refractivity contribution >= 4 is 27.3 Å². The van der Waals surface area contributed by atoms with E-state index in [1.807, 2.05) is 4.72 Å². The molecular formula is C17H13F5N2O3S. The number of halogens is 5. The van der Waals surface area contributed by atoms with Crippen LogP contribution in [0.3, 0.4) is 0 Å². The Bertz CT molecular complexity index is 1040. The van der Waals surface area contributed by atoms with Gasteiger partial charge in [0.2, 0.25) is 5.91 Å². The van der Waals surface area contributed by atoms with Crippen LogP contribution < -0.4 is 9.62 Å². The highest BCUT2D eigenvalue weighted by molar-refractivity contribution is 7.92. The lowest BCUT2D eigenvalue weighted by Crippen LogP contribution is -2.24. The van der Waals surface area contributed by atoms with Crippen molar-refractivity contribution in [2.45, 2.75) is 23.9 Å². The van der Waals surface area contributed by atoms with E-state index in [2.05, 4.69) is 0 Å². The number of carbonyl (C=O) groups is 1. The van der Waals surface area contributed by atoms with E-state index < -0.39 is 38.3 Å². The molecule has 1 aliphatic heterocycles. The van der Waals surface area contributed by atoms with Crippen LogP contribution in [0.4, 0.5) is 33.3 Å². The third-order valence-corrected chi connectivity index (χ3v) is 5.50. The van der Waals surface area contributed by atoms with E-state index >= 15 is 0 Å². The second-order valence-electron chi connectivity index (χ2n) is 6.06. The lowest BCUT2D eigenvalue weighted by Gasteiger charge is -2.17. The first kappa shape index (κ1) is 20.1. The maximum Gasteiger partial charge on any atom is 0.419 e. The highest BCUT2D eigenvalue weighted by Gasteiger charge is 2.35. The summed E-state index contributed by atoms with van der Waals surface area (Å²) in [6.07, 6.45) is -4.23. The Kier molecular flexibility index (Phi) is 5.04. The summed E-state index contributed by atoms with van der Waals surface area (Å²) in [7, 11) is -4.54. The summed E-state index contributed by atoms with van der Waals surface area (Å²) in [5.41, 5.74) is -2.01. The van der Waals surface area contributed by atoms with E-state index in [1.54, 1.807) is 0 Å². The molecule has 1 N–H and O–H groups in total. The van der Waals surface area contributed by atoms with Crippen LogP contribution in [0.2, 0.25) is 0 Å². The molecule has 11 heteroatoms. The fraction of sp³-hybridized carbons (Fsp3) is 0.235. The predicted octanol–water partition coefficient (Wildman–Crippen LogP) is 3.91. The van der Waals surface area contributed by atoms with E-state index in [9.17, 15) is 35.2 Å². The van der Waals surface area contributed by atoms with Gasteiger partial charge in [0.1, 0.15) is 11.6 Å². The van der Waals surface area contributed by atoms with Crippen molar-refractivity contribution in [3.63, 3.8) is 0 Å². The molecule has 0 aromatic heterocycles. The van der Waals surface area contributed by atoms with E-state index in [-0.39, 0.29) is 29.8 Å². The third-order valence-electron chi connectivity index (χ3n) is 4.12. The van der Waals surface area contributed by atoms with Gasteiger partial charge in [-0.15, -0.1) is 0 Å². The molecule has 5 nitrogen and oxygen atoms in total. The molecule has 1 aliphatic rings. The first-order valence-corrected chi connectivity index (χ1v) is 9.47. The van der Waals surface area contributed by atoms with Gasteiger partial charge in [-0.2, -0.15) is 13.2 Å². The first-order chi connectivity index (χ1) is 13.0. The summed E-state index contributed by atoms with van der Waals surface area (Å²) in [6.45, 7) is 0.330. The number of amides is 1. The first-order valence-electron chi connectivity index (χ1n) is 7.98. The van der Waals surface area contributed by atoms with E-state index in [0.717, 1.165) is 6.07 Å². The zero-order valence-corrected chi connectivity index (χ0v) is 14.9. The Morgan fingerprint density at radius 1 is 1.00 bits per heavy atom. The normalized spacial score (nSPS) is 15.2. The molecule has 1 heterocycles. The van der Waals surface area contributed by atoms with Gasteiger partial charge in [-0.25, -0.2) is 17.2 Å². The van der Waals surface area contributed by atoms with Crippen LogP contribution in [0.25, 0.3) is 0 Å². The number of carbonyl (C=O) groups excluding carboxylic acids is 1. The topological polar surface area (TPSA) is 66.5 Å². The largest absolute Gasteiger partial charge is 0.419 e. The van der Waals surface area contributed by atoms with Crippen molar-refractivity contribution in [3.8, 4) is 0 Å². The molecule has 3 rings (SSSR count). The average molecular weight is 420 g/mol. The summed E-state index contributed by atoms with van der Waals surface area (Å²) in [6, 6.07) is 4.40. The van der Waals surface area contributed by atoms with Crippen LogP contribution in [0, 0.1) is 11.6 Å². The zero-order valence-electron chi connectivity index (χ0n) is 14.1. The van der Waals surface area contributed by atoms with Gasteiger partial charge >= 0.3 is 6.18 Å². The molecule has 0 spiro atoms. The summed E-state index contributed by atoms with van der Waals surface area (Å²) in [5.74, 6) is -2.75. The molecule has 0 saturated carbocycles. The van der Waals surface area contributed by atoms with Crippen LogP contribution in [-0.4, -0.2) is 20.9 Å². The van der Waals surface area contributed by atoms with E-state index in [4.69, 9.17) is 0 Å². The van der Waals surface area contributed by atoms with Crippen molar-refractivity contribution in [1.29, 1.82) is 0 Å². The van der Waals surface area contributed by atoms with Gasteiger partial charge in [-0.05, 0) is 36.8 Å². The predicted molar refractivity (Wildman–Crippen MR) is 90.2 cm³/mol. The number of alkyl halides is 3. The minimum atomic E-state index is -5.08. The van der Waals surface area contributed by atoms with Gasteiger partial charge < -0.3 is 4.90 Å².